The van der Waals surface area contributed by atoms with Gasteiger partial charge in [-0.3, -0.25) is 9.79 Å². The predicted molar refractivity (Wildman–Crippen MR) is 104 cm³/mol. The van der Waals surface area contributed by atoms with Crippen molar-refractivity contribution in [1.29, 1.82) is 0 Å². The molecule has 0 spiro atoms. The van der Waals surface area contributed by atoms with E-state index in [2.05, 4.69) is 35.4 Å². The van der Waals surface area contributed by atoms with Crippen molar-refractivity contribution < 1.29 is 14.3 Å². The molecule has 2 aromatic rings. The number of hydrogen-bond donors (Lipinski definition) is 1. The number of nitrogens with one attached hydrogen (secondary N) is 1. The molecule has 4 rings (SSSR count). The zero-order valence-electron chi connectivity index (χ0n) is 15.5. The average Bonchev–Trinajstić information content (AvgIpc) is 3.15. The van der Waals surface area contributed by atoms with Gasteiger partial charge in [-0.1, -0.05) is 36.4 Å². The summed E-state index contributed by atoms with van der Waals surface area (Å²) in [6, 6.07) is 14.1. The minimum atomic E-state index is -0.00311. The summed E-state index contributed by atoms with van der Waals surface area (Å²) < 4.78 is 11.6. The Morgan fingerprint density at radius 1 is 1.19 bits per heavy atom. The first-order chi connectivity index (χ1) is 13.2. The first-order valence-corrected chi connectivity index (χ1v) is 9.05. The molecular weight excluding hydrogens is 340 g/mol. The highest BCUT2D eigenvalue weighted by atomic mass is 16.5. The molecule has 138 valence electrons. The summed E-state index contributed by atoms with van der Waals surface area (Å²) in [5.74, 6) is 2.06. The number of fused-ring (bicyclic) bond motifs is 1. The summed E-state index contributed by atoms with van der Waals surface area (Å²) in [7, 11) is 1.63. The molecule has 27 heavy (non-hydrogen) atoms. The van der Waals surface area contributed by atoms with Gasteiger partial charge in [0.25, 0.3) is 0 Å². The molecule has 5 heteroatoms. The number of carbonyl (C=O) groups is 1. The van der Waals surface area contributed by atoms with Crippen molar-refractivity contribution >= 4 is 11.7 Å². The van der Waals surface area contributed by atoms with Crippen molar-refractivity contribution in [3.63, 3.8) is 0 Å². The van der Waals surface area contributed by atoms with E-state index in [9.17, 15) is 4.79 Å². The zero-order chi connectivity index (χ0) is 18.8. The Kier molecular flexibility index (Phi) is 4.67. The van der Waals surface area contributed by atoms with Gasteiger partial charge in [0.15, 0.2) is 11.5 Å². The Morgan fingerprint density at radius 2 is 2.04 bits per heavy atom. The fourth-order valence-corrected chi connectivity index (χ4v) is 3.57. The molecule has 1 N–H and O–H groups in total. The van der Waals surface area contributed by atoms with Crippen molar-refractivity contribution in [1.82, 2.24) is 5.32 Å². The quantitative estimate of drug-likeness (QED) is 0.885. The lowest BCUT2D eigenvalue weighted by Crippen LogP contribution is -2.38. The third-order valence-corrected chi connectivity index (χ3v) is 5.09. The lowest BCUT2D eigenvalue weighted by molar-refractivity contribution is -0.120. The maximum absolute atomic E-state index is 12.0. The highest BCUT2D eigenvalue weighted by molar-refractivity contribution is 6.12. The second-order valence-corrected chi connectivity index (χ2v) is 6.78. The SMILES string of the molecule is COc1cc(C2CC(=O)NC3=NCC=C32)ccc1OCc1ccccc1C. The fraction of sp³-hybridized carbons (Fsp3) is 0.273. The highest BCUT2D eigenvalue weighted by Gasteiger charge is 2.32. The van der Waals surface area contributed by atoms with E-state index in [0.717, 1.165) is 16.7 Å². The third kappa shape index (κ3) is 3.45. The van der Waals surface area contributed by atoms with Crippen molar-refractivity contribution in [3.05, 3.63) is 70.8 Å². The van der Waals surface area contributed by atoms with Gasteiger partial charge in [0.1, 0.15) is 12.4 Å². The van der Waals surface area contributed by atoms with Gasteiger partial charge in [-0.15, -0.1) is 0 Å². The minimum Gasteiger partial charge on any atom is -0.493 e. The van der Waals surface area contributed by atoms with E-state index in [1.807, 2.05) is 30.3 Å². The van der Waals surface area contributed by atoms with Crippen LogP contribution in [0, 0.1) is 6.92 Å². The second kappa shape index (κ2) is 7.27. The summed E-state index contributed by atoms with van der Waals surface area (Å²) in [6.07, 6.45) is 2.49. The molecule has 1 atom stereocenters. The molecule has 2 heterocycles. The largest absolute Gasteiger partial charge is 0.493 e. The number of ether oxygens (including phenoxy) is 2. The number of amides is 1. The van der Waals surface area contributed by atoms with E-state index in [1.54, 1.807) is 7.11 Å². The number of amidine groups is 1. The summed E-state index contributed by atoms with van der Waals surface area (Å²) in [5.41, 5.74) is 4.46. The zero-order valence-corrected chi connectivity index (χ0v) is 15.5. The van der Waals surface area contributed by atoms with Crippen LogP contribution < -0.4 is 14.8 Å². The van der Waals surface area contributed by atoms with E-state index in [1.165, 1.54) is 5.56 Å². The molecule has 0 bridgehead atoms. The maximum atomic E-state index is 12.0. The van der Waals surface area contributed by atoms with E-state index < -0.39 is 0 Å². The van der Waals surface area contributed by atoms with E-state index >= 15 is 0 Å². The molecule has 0 aliphatic carbocycles. The molecule has 0 saturated carbocycles. The Morgan fingerprint density at radius 3 is 2.85 bits per heavy atom. The number of carbonyl (C=O) groups excluding carboxylic acids is 1. The van der Waals surface area contributed by atoms with Crippen LogP contribution in [0.15, 0.2) is 59.1 Å². The van der Waals surface area contributed by atoms with Crippen molar-refractivity contribution in [2.24, 2.45) is 4.99 Å². The fourth-order valence-electron chi connectivity index (χ4n) is 3.57. The number of aliphatic imine (C=N–C) groups is 1. The van der Waals surface area contributed by atoms with Crippen LogP contribution in [0.2, 0.25) is 0 Å². The Balaban J connectivity index is 1.57. The topological polar surface area (TPSA) is 59.9 Å². The van der Waals surface area contributed by atoms with Gasteiger partial charge in [-0.25, -0.2) is 0 Å². The smallest absolute Gasteiger partial charge is 0.226 e. The Hall–Kier alpha value is -3.08. The van der Waals surface area contributed by atoms with Gasteiger partial charge in [0, 0.05) is 17.9 Å². The number of benzene rings is 2. The number of aryl methyl sites for hydroxylation is 1. The van der Waals surface area contributed by atoms with E-state index in [-0.39, 0.29) is 11.8 Å². The van der Waals surface area contributed by atoms with Gasteiger partial charge < -0.3 is 14.8 Å². The van der Waals surface area contributed by atoms with Crippen molar-refractivity contribution in [2.45, 2.75) is 25.9 Å². The predicted octanol–water partition coefficient (Wildman–Crippen LogP) is 3.52. The normalized spacial score (nSPS) is 18.3. The third-order valence-electron chi connectivity index (χ3n) is 5.09. The number of nitrogens with zero attached hydrogens (tertiary/aromatic N) is 1. The monoisotopic (exact) mass is 362 g/mol. The number of piperidine rings is 1. The maximum Gasteiger partial charge on any atom is 0.226 e. The molecular formula is C22H22N2O3. The molecule has 5 nitrogen and oxygen atoms in total. The van der Waals surface area contributed by atoms with E-state index in [0.29, 0.717) is 36.9 Å². The van der Waals surface area contributed by atoms with Gasteiger partial charge in [-0.05, 0) is 35.7 Å². The molecule has 0 radical (unpaired) electrons. The van der Waals surface area contributed by atoms with E-state index in [4.69, 9.17) is 9.47 Å². The molecule has 1 amide bonds. The lowest BCUT2D eigenvalue weighted by Gasteiger charge is -2.26. The average molecular weight is 362 g/mol. The van der Waals surface area contributed by atoms with Gasteiger partial charge >= 0.3 is 0 Å². The Labute approximate surface area is 158 Å². The van der Waals surface area contributed by atoms with Crippen LogP contribution in [0.25, 0.3) is 0 Å². The molecule has 1 unspecified atom stereocenters. The van der Waals surface area contributed by atoms with Gasteiger partial charge in [0.2, 0.25) is 5.91 Å². The molecule has 2 aliphatic rings. The second-order valence-electron chi connectivity index (χ2n) is 6.78. The molecule has 1 saturated heterocycles. The molecule has 1 fully saturated rings. The van der Waals surface area contributed by atoms with Crippen LogP contribution in [0.5, 0.6) is 11.5 Å². The molecule has 2 aromatic carbocycles. The number of rotatable bonds is 5. The summed E-state index contributed by atoms with van der Waals surface area (Å²) in [6.45, 7) is 3.17. The lowest BCUT2D eigenvalue weighted by atomic mass is 9.85. The van der Waals surface area contributed by atoms with Crippen LogP contribution in [0.1, 0.15) is 29.0 Å². The van der Waals surface area contributed by atoms with Crippen molar-refractivity contribution in [3.8, 4) is 11.5 Å². The van der Waals surface area contributed by atoms with Crippen LogP contribution >= 0.6 is 0 Å². The Bertz CT molecular complexity index is 946. The number of hydrogen-bond acceptors (Lipinski definition) is 4. The summed E-state index contributed by atoms with van der Waals surface area (Å²) >= 11 is 0. The van der Waals surface area contributed by atoms with Gasteiger partial charge in [-0.2, -0.15) is 0 Å². The number of methoxy groups -OCH3 is 1. The summed E-state index contributed by atoms with van der Waals surface area (Å²) in [4.78, 5) is 16.4. The van der Waals surface area contributed by atoms with Crippen molar-refractivity contribution in [2.75, 3.05) is 13.7 Å². The van der Waals surface area contributed by atoms with Crippen LogP contribution in [-0.2, 0) is 11.4 Å². The standard InChI is InChI=1S/C22H22N2O3/c1-14-5-3-4-6-16(14)13-27-19-8-7-15(11-20(19)26-2)18-12-21(25)24-22-17(18)9-10-23-22/h3-9,11,18H,10,12-13H2,1-2H3,(H,23,24,25). The van der Waals surface area contributed by atoms with Crippen LogP contribution in [-0.4, -0.2) is 25.4 Å². The van der Waals surface area contributed by atoms with Crippen LogP contribution in [0.4, 0.5) is 0 Å². The molecule has 2 aliphatic heterocycles. The van der Waals surface area contributed by atoms with Crippen LogP contribution in [0.3, 0.4) is 0 Å². The first kappa shape index (κ1) is 17.3. The molecule has 0 aromatic heterocycles. The highest BCUT2D eigenvalue weighted by Crippen LogP contribution is 2.38. The summed E-state index contributed by atoms with van der Waals surface area (Å²) in [5, 5.41) is 2.85. The minimum absolute atomic E-state index is 0.000632. The first-order valence-electron chi connectivity index (χ1n) is 9.05. The van der Waals surface area contributed by atoms with Gasteiger partial charge in [0.05, 0.1) is 13.7 Å².